The van der Waals surface area contributed by atoms with E-state index >= 15 is 0 Å². The Bertz CT molecular complexity index is 140. The summed E-state index contributed by atoms with van der Waals surface area (Å²) in [7, 11) is 3.55. The molecule has 0 aromatic rings. The van der Waals surface area contributed by atoms with E-state index in [4.69, 9.17) is 11.1 Å². The van der Waals surface area contributed by atoms with Crippen molar-refractivity contribution in [1.82, 2.24) is 4.90 Å². The number of aliphatic imine (C=N–C) groups is 1. The van der Waals surface area contributed by atoms with Gasteiger partial charge in [0.1, 0.15) is 0 Å². The maximum absolute atomic E-state index is 6.91. The molecule has 0 aliphatic rings. The highest BCUT2D eigenvalue weighted by Crippen LogP contribution is 1.87. The zero-order valence-corrected chi connectivity index (χ0v) is 7.51. The number of nitrogens with one attached hydrogen (secondary N) is 1. The Balaban J connectivity index is 4.00. The molecule has 0 spiro atoms. The molecule has 52 valence electrons. The Labute approximate surface area is 67.8 Å². The minimum atomic E-state index is 0.193. The molecule has 0 saturated heterocycles. The van der Waals surface area contributed by atoms with Crippen molar-refractivity contribution in [2.24, 2.45) is 10.7 Å². The Morgan fingerprint density at radius 2 is 2.11 bits per heavy atom. The third kappa shape index (κ3) is 4.19. The van der Waals surface area contributed by atoms with E-state index in [9.17, 15) is 0 Å². The molecular formula is C4H9IN4. The topological polar surface area (TPSA) is 65.5 Å². The van der Waals surface area contributed by atoms with Crippen LogP contribution in [0, 0.1) is 5.41 Å². The van der Waals surface area contributed by atoms with Crippen LogP contribution in [0.3, 0.4) is 0 Å². The van der Waals surface area contributed by atoms with Crippen LogP contribution in [0.5, 0.6) is 0 Å². The molecule has 9 heavy (non-hydrogen) atoms. The van der Waals surface area contributed by atoms with Crippen LogP contribution in [0.25, 0.3) is 0 Å². The van der Waals surface area contributed by atoms with Gasteiger partial charge < -0.3 is 10.6 Å². The number of rotatable bonds is 0. The van der Waals surface area contributed by atoms with Crippen LogP contribution >= 0.6 is 22.6 Å². The second-order valence-corrected chi connectivity index (χ2v) is 2.68. The number of guanidine groups is 1. The molecule has 0 atom stereocenters. The van der Waals surface area contributed by atoms with Crippen LogP contribution in [0.1, 0.15) is 0 Å². The van der Waals surface area contributed by atoms with Crippen LogP contribution in [0.2, 0.25) is 0 Å². The average Bonchev–Trinajstić information content (AvgIpc) is 1.63. The first kappa shape index (κ1) is 8.67. The summed E-state index contributed by atoms with van der Waals surface area (Å²) < 4.78 is 0.193. The van der Waals surface area contributed by atoms with Crippen LogP contribution in [0.4, 0.5) is 0 Å². The molecule has 5 heteroatoms. The lowest BCUT2D eigenvalue weighted by Crippen LogP contribution is -2.30. The molecule has 0 aliphatic carbocycles. The Morgan fingerprint density at radius 3 is 2.22 bits per heavy atom. The van der Waals surface area contributed by atoms with Gasteiger partial charge in [-0.05, 0) is 0 Å². The summed E-state index contributed by atoms with van der Waals surface area (Å²) in [5, 5.41) is 6.91. The number of amidine groups is 1. The van der Waals surface area contributed by atoms with Crippen LogP contribution in [-0.4, -0.2) is 28.8 Å². The SMILES string of the molecule is CN(C)/C(N)=N/C(=N)I. The van der Waals surface area contributed by atoms with E-state index in [2.05, 4.69) is 4.99 Å². The quantitative estimate of drug-likeness (QED) is 0.275. The predicted octanol–water partition coefficient (Wildman–Crippen LogP) is 0.232. The minimum absolute atomic E-state index is 0.193. The highest BCUT2D eigenvalue weighted by atomic mass is 127. The van der Waals surface area contributed by atoms with E-state index in [1.807, 2.05) is 0 Å². The lowest BCUT2D eigenvalue weighted by Gasteiger charge is -2.08. The van der Waals surface area contributed by atoms with E-state index < -0.39 is 0 Å². The van der Waals surface area contributed by atoms with Crippen molar-refractivity contribution < 1.29 is 0 Å². The van der Waals surface area contributed by atoms with E-state index in [-0.39, 0.29) is 3.84 Å². The van der Waals surface area contributed by atoms with Gasteiger partial charge in [0.2, 0.25) is 0 Å². The van der Waals surface area contributed by atoms with Gasteiger partial charge in [0, 0.05) is 36.7 Å². The Hall–Kier alpha value is -0.330. The van der Waals surface area contributed by atoms with Crippen molar-refractivity contribution in [2.45, 2.75) is 0 Å². The van der Waals surface area contributed by atoms with Gasteiger partial charge in [-0.3, -0.25) is 5.41 Å². The maximum Gasteiger partial charge on any atom is 0.197 e. The summed E-state index contributed by atoms with van der Waals surface area (Å²) in [5.74, 6) is 0.356. The second kappa shape index (κ2) is 3.65. The molecule has 0 fully saturated rings. The molecule has 0 radical (unpaired) electrons. The number of nitrogens with zero attached hydrogens (tertiary/aromatic N) is 2. The lowest BCUT2D eigenvalue weighted by molar-refractivity contribution is 0.616. The second-order valence-electron chi connectivity index (χ2n) is 1.66. The zero-order valence-electron chi connectivity index (χ0n) is 5.35. The lowest BCUT2D eigenvalue weighted by atomic mass is 10.8. The molecular weight excluding hydrogens is 231 g/mol. The van der Waals surface area contributed by atoms with E-state index in [0.717, 1.165) is 0 Å². The smallest absolute Gasteiger partial charge is 0.197 e. The zero-order chi connectivity index (χ0) is 7.44. The number of hydrogen-bond donors (Lipinski definition) is 2. The largest absolute Gasteiger partial charge is 0.369 e. The molecule has 0 aliphatic heterocycles. The van der Waals surface area contributed by atoms with Crippen molar-refractivity contribution >= 4 is 32.4 Å². The van der Waals surface area contributed by atoms with E-state index in [0.29, 0.717) is 5.96 Å². The Morgan fingerprint density at radius 1 is 1.67 bits per heavy atom. The third-order valence-corrected chi connectivity index (χ3v) is 0.912. The summed E-state index contributed by atoms with van der Waals surface area (Å²) in [6.07, 6.45) is 0. The van der Waals surface area contributed by atoms with Gasteiger partial charge in [-0.25, -0.2) is 0 Å². The first-order valence-electron chi connectivity index (χ1n) is 2.29. The summed E-state index contributed by atoms with van der Waals surface area (Å²) in [4.78, 5) is 5.31. The van der Waals surface area contributed by atoms with E-state index in [1.165, 1.54) is 0 Å². The maximum atomic E-state index is 6.91. The number of halogens is 1. The highest BCUT2D eigenvalue weighted by molar-refractivity contribution is 14.1. The van der Waals surface area contributed by atoms with Gasteiger partial charge in [-0.1, -0.05) is 0 Å². The van der Waals surface area contributed by atoms with Gasteiger partial charge in [0.05, 0.1) is 0 Å². The van der Waals surface area contributed by atoms with Crippen molar-refractivity contribution in [3.8, 4) is 0 Å². The van der Waals surface area contributed by atoms with Crippen LogP contribution in [-0.2, 0) is 0 Å². The predicted molar refractivity (Wildman–Crippen MR) is 47.1 cm³/mol. The number of nitrogens with two attached hydrogens (primary N) is 1. The molecule has 0 rings (SSSR count). The highest BCUT2D eigenvalue weighted by Gasteiger charge is 1.92. The fourth-order valence-electron chi connectivity index (χ4n) is 0.201. The first-order valence-corrected chi connectivity index (χ1v) is 3.37. The van der Waals surface area contributed by atoms with Crippen LogP contribution < -0.4 is 5.73 Å². The van der Waals surface area contributed by atoms with E-state index in [1.54, 1.807) is 41.6 Å². The third-order valence-electron chi connectivity index (χ3n) is 0.671. The molecule has 0 heterocycles. The Kier molecular flexibility index (Phi) is 3.52. The molecule has 0 bridgehead atoms. The summed E-state index contributed by atoms with van der Waals surface area (Å²) >= 11 is 1.78. The number of hydrogen-bond acceptors (Lipinski definition) is 1. The van der Waals surface area contributed by atoms with Gasteiger partial charge in [0.15, 0.2) is 9.80 Å². The van der Waals surface area contributed by atoms with Crippen molar-refractivity contribution in [1.29, 1.82) is 5.41 Å². The van der Waals surface area contributed by atoms with Crippen LogP contribution in [0.15, 0.2) is 4.99 Å². The monoisotopic (exact) mass is 240 g/mol. The summed E-state index contributed by atoms with van der Waals surface area (Å²) in [6, 6.07) is 0. The standard InChI is InChI=1S/C4H9IN4/c1-9(2)4(7)8-3(5)6/h1-2H3,(H3,6,7,8). The van der Waals surface area contributed by atoms with Crippen molar-refractivity contribution in [3.63, 3.8) is 0 Å². The molecule has 4 nitrogen and oxygen atoms in total. The average molecular weight is 240 g/mol. The fourth-order valence-corrected chi connectivity index (χ4v) is 0.448. The minimum Gasteiger partial charge on any atom is -0.369 e. The van der Waals surface area contributed by atoms with Crippen molar-refractivity contribution in [2.75, 3.05) is 14.1 Å². The first-order chi connectivity index (χ1) is 4.04. The van der Waals surface area contributed by atoms with Gasteiger partial charge in [-0.2, -0.15) is 4.99 Å². The van der Waals surface area contributed by atoms with Gasteiger partial charge in [-0.15, -0.1) is 0 Å². The normalized spacial score (nSPS) is 11.2. The summed E-state index contributed by atoms with van der Waals surface area (Å²) in [5.41, 5.74) is 5.35. The molecule has 3 N–H and O–H groups in total. The summed E-state index contributed by atoms with van der Waals surface area (Å²) in [6.45, 7) is 0. The molecule has 0 saturated carbocycles. The molecule has 0 aromatic carbocycles. The molecule has 0 amide bonds. The van der Waals surface area contributed by atoms with Gasteiger partial charge in [0.25, 0.3) is 0 Å². The van der Waals surface area contributed by atoms with Crippen molar-refractivity contribution in [3.05, 3.63) is 0 Å². The van der Waals surface area contributed by atoms with Gasteiger partial charge >= 0.3 is 0 Å². The molecule has 0 unspecified atom stereocenters. The fraction of sp³-hybridized carbons (Fsp3) is 0.500. The molecule has 0 aromatic heterocycles.